The van der Waals surface area contributed by atoms with Crippen LogP contribution in [0.5, 0.6) is 0 Å². The van der Waals surface area contributed by atoms with Gasteiger partial charge < -0.3 is 10.1 Å². The molecule has 1 fully saturated rings. The average molecular weight is 214 g/mol. The van der Waals surface area contributed by atoms with E-state index in [0.29, 0.717) is 19.2 Å². The van der Waals surface area contributed by atoms with Gasteiger partial charge in [-0.3, -0.25) is 9.69 Å². The number of amides is 1. The summed E-state index contributed by atoms with van der Waals surface area (Å²) >= 11 is 0. The first kappa shape index (κ1) is 12.5. The fourth-order valence-corrected chi connectivity index (χ4v) is 1.98. The van der Waals surface area contributed by atoms with Crippen molar-refractivity contribution < 1.29 is 9.53 Å². The second-order valence-electron chi connectivity index (χ2n) is 3.91. The summed E-state index contributed by atoms with van der Waals surface area (Å²) in [6, 6.07) is 0. The Morgan fingerprint density at radius 3 is 3.00 bits per heavy atom. The van der Waals surface area contributed by atoms with Crippen LogP contribution < -0.4 is 5.32 Å². The molecular formula is C11H22N2O2. The number of hydrogen-bond acceptors (Lipinski definition) is 3. The Hall–Kier alpha value is -0.610. The summed E-state index contributed by atoms with van der Waals surface area (Å²) < 4.78 is 5.58. The van der Waals surface area contributed by atoms with Crippen molar-refractivity contribution in [3.8, 4) is 0 Å². The first-order chi connectivity index (χ1) is 7.26. The SMILES string of the molecule is CCNC(=O)CN1CCCC(OCC)C1. The fourth-order valence-electron chi connectivity index (χ4n) is 1.98. The van der Waals surface area contributed by atoms with Crippen LogP contribution in [0.4, 0.5) is 0 Å². The van der Waals surface area contributed by atoms with E-state index in [1.807, 2.05) is 13.8 Å². The highest BCUT2D eigenvalue weighted by atomic mass is 16.5. The lowest BCUT2D eigenvalue weighted by Gasteiger charge is -2.31. The molecule has 0 bridgehead atoms. The van der Waals surface area contributed by atoms with Gasteiger partial charge in [0.15, 0.2) is 0 Å². The lowest BCUT2D eigenvalue weighted by atomic mass is 10.1. The van der Waals surface area contributed by atoms with Gasteiger partial charge in [0.2, 0.25) is 5.91 Å². The fraction of sp³-hybridized carbons (Fsp3) is 0.909. The Morgan fingerprint density at radius 2 is 2.33 bits per heavy atom. The molecule has 1 atom stereocenters. The predicted molar refractivity (Wildman–Crippen MR) is 59.8 cm³/mol. The van der Waals surface area contributed by atoms with Crippen LogP contribution in [0.3, 0.4) is 0 Å². The van der Waals surface area contributed by atoms with Crippen LogP contribution in [-0.2, 0) is 9.53 Å². The van der Waals surface area contributed by atoms with Crippen molar-refractivity contribution in [3.63, 3.8) is 0 Å². The van der Waals surface area contributed by atoms with Crippen molar-refractivity contribution in [3.05, 3.63) is 0 Å². The minimum absolute atomic E-state index is 0.120. The first-order valence-corrected chi connectivity index (χ1v) is 5.87. The highest BCUT2D eigenvalue weighted by Gasteiger charge is 2.21. The summed E-state index contributed by atoms with van der Waals surface area (Å²) in [5, 5.41) is 2.82. The Kier molecular flexibility index (Phi) is 5.65. The molecule has 1 aliphatic heterocycles. The number of carbonyl (C=O) groups is 1. The molecule has 0 spiro atoms. The number of nitrogens with zero attached hydrogens (tertiary/aromatic N) is 1. The second kappa shape index (κ2) is 6.80. The average Bonchev–Trinajstić information content (AvgIpc) is 2.19. The molecule has 88 valence electrons. The van der Waals surface area contributed by atoms with Gasteiger partial charge in [-0.05, 0) is 33.2 Å². The van der Waals surface area contributed by atoms with Gasteiger partial charge in [0.05, 0.1) is 12.6 Å². The van der Waals surface area contributed by atoms with Crippen LogP contribution in [0.1, 0.15) is 26.7 Å². The molecule has 1 aliphatic rings. The number of rotatable bonds is 5. The van der Waals surface area contributed by atoms with E-state index in [2.05, 4.69) is 10.2 Å². The molecule has 4 nitrogen and oxygen atoms in total. The Balaban J connectivity index is 2.26. The minimum Gasteiger partial charge on any atom is -0.377 e. The van der Waals surface area contributed by atoms with Gasteiger partial charge >= 0.3 is 0 Å². The summed E-state index contributed by atoms with van der Waals surface area (Å²) in [6.07, 6.45) is 2.57. The Morgan fingerprint density at radius 1 is 1.53 bits per heavy atom. The van der Waals surface area contributed by atoms with Crippen LogP contribution in [0.2, 0.25) is 0 Å². The maximum Gasteiger partial charge on any atom is 0.234 e. The van der Waals surface area contributed by atoms with Gasteiger partial charge in [0.25, 0.3) is 0 Å². The molecule has 1 rings (SSSR count). The third kappa shape index (κ3) is 4.62. The van der Waals surface area contributed by atoms with Crippen LogP contribution in [0.15, 0.2) is 0 Å². The summed E-state index contributed by atoms with van der Waals surface area (Å²) in [5.74, 6) is 0.120. The molecule has 1 N–H and O–H groups in total. The Labute approximate surface area is 92.0 Å². The smallest absolute Gasteiger partial charge is 0.234 e. The van der Waals surface area contributed by atoms with Crippen molar-refractivity contribution >= 4 is 5.91 Å². The molecule has 0 radical (unpaired) electrons. The van der Waals surface area contributed by atoms with Gasteiger partial charge in [-0.2, -0.15) is 0 Å². The third-order valence-corrected chi connectivity index (χ3v) is 2.61. The van der Waals surface area contributed by atoms with Gasteiger partial charge in [-0.25, -0.2) is 0 Å². The molecule has 1 unspecified atom stereocenters. The molecule has 0 aromatic carbocycles. The molecule has 0 saturated carbocycles. The molecular weight excluding hydrogens is 192 g/mol. The van der Waals surface area contributed by atoms with E-state index in [0.717, 1.165) is 32.5 Å². The molecule has 0 aromatic heterocycles. The van der Waals surface area contributed by atoms with E-state index in [1.165, 1.54) is 0 Å². The molecule has 15 heavy (non-hydrogen) atoms. The largest absolute Gasteiger partial charge is 0.377 e. The molecule has 1 saturated heterocycles. The topological polar surface area (TPSA) is 41.6 Å². The Bertz CT molecular complexity index is 195. The van der Waals surface area contributed by atoms with E-state index in [-0.39, 0.29) is 5.91 Å². The number of hydrogen-bond donors (Lipinski definition) is 1. The van der Waals surface area contributed by atoms with Crippen molar-refractivity contribution in [2.45, 2.75) is 32.8 Å². The maximum atomic E-state index is 11.4. The van der Waals surface area contributed by atoms with Gasteiger partial charge in [-0.15, -0.1) is 0 Å². The van der Waals surface area contributed by atoms with Crippen molar-refractivity contribution in [1.29, 1.82) is 0 Å². The zero-order valence-electron chi connectivity index (χ0n) is 9.79. The number of ether oxygens (including phenoxy) is 1. The number of likely N-dealkylation sites (N-methyl/N-ethyl adjacent to an activating group) is 1. The van der Waals surface area contributed by atoms with Crippen LogP contribution in [-0.4, -0.2) is 49.7 Å². The lowest BCUT2D eigenvalue weighted by molar-refractivity contribution is -0.123. The van der Waals surface area contributed by atoms with E-state index in [4.69, 9.17) is 4.74 Å². The van der Waals surface area contributed by atoms with Crippen molar-refractivity contribution in [2.24, 2.45) is 0 Å². The second-order valence-corrected chi connectivity index (χ2v) is 3.91. The number of carbonyl (C=O) groups excluding carboxylic acids is 1. The number of piperidine rings is 1. The van der Waals surface area contributed by atoms with E-state index in [1.54, 1.807) is 0 Å². The number of nitrogens with one attached hydrogen (secondary N) is 1. The molecule has 0 aliphatic carbocycles. The monoisotopic (exact) mass is 214 g/mol. The van der Waals surface area contributed by atoms with Crippen LogP contribution >= 0.6 is 0 Å². The standard InChI is InChI=1S/C11H22N2O2/c1-3-12-11(14)9-13-7-5-6-10(8-13)15-4-2/h10H,3-9H2,1-2H3,(H,12,14). The molecule has 1 amide bonds. The van der Waals surface area contributed by atoms with Gasteiger partial charge in [0.1, 0.15) is 0 Å². The van der Waals surface area contributed by atoms with Crippen LogP contribution in [0, 0.1) is 0 Å². The van der Waals surface area contributed by atoms with Gasteiger partial charge in [-0.1, -0.05) is 0 Å². The van der Waals surface area contributed by atoms with E-state index < -0.39 is 0 Å². The van der Waals surface area contributed by atoms with E-state index >= 15 is 0 Å². The summed E-state index contributed by atoms with van der Waals surface area (Å²) in [7, 11) is 0. The molecule has 0 aromatic rings. The predicted octanol–water partition coefficient (Wildman–Crippen LogP) is 0.623. The minimum atomic E-state index is 0.120. The van der Waals surface area contributed by atoms with Crippen molar-refractivity contribution in [1.82, 2.24) is 10.2 Å². The highest BCUT2D eigenvalue weighted by molar-refractivity contribution is 5.77. The van der Waals surface area contributed by atoms with Crippen molar-refractivity contribution in [2.75, 3.05) is 32.8 Å². The maximum absolute atomic E-state index is 11.4. The summed E-state index contributed by atoms with van der Waals surface area (Å²) in [6.45, 7) is 7.85. The normalized spacial score (nSPS) is 22.7. The third-order valence-electron chi connectivity index (χ3n) is 2.61. The quantitative estimate of drug-likeness (QED) is 0.729. The zero-order chi connectivity index (χ0) is 11.1. The summed E-state index contributed by atoms with van der Waals surface area (Å²) in [4.78, 5) is 13.6. The lowest BCUT2D eigenvalue weighted by Crippen LogP contribution is -2.44. The summed E-state index contributed by atoms with van der Waals surface area (Å²) in [5.41, 5.74) is 0. The van der Waals surface area contributed by atoms with Crippen LogP contribution in [0.25, 0.3) is 0 Å². The molecule has 1 heterocycles. The van der Waals surface area contributed by atoms with E-state index in [9.17, 15) is 4.79 Å². The van der Waals surface area contributed by atoms with Gasteiger partial charge in [0, 0.05) is 19.7 Å². The zero-order valence-corrected chi connectivity index (χ0v) is 9.79. The number of likely N-dealkylation sites (tertiary alicyclic amines) is 1. The molecule has 4 heteroatoms. The highest BCUT2D eigenvalue weighted by Crippen LogP contribution is 2.12. The first-order valence-electron chi connectivity index (χ1n) is 5.87.